The van der Waals surface area contributed by atoms with E-state index in [0.29, 0.717) is 11.6 Å². The van der Waals surface area contributed by atoms with E-state index in [1.807, 2.05) is 38.1 Å². The number of rotatable bonds is 3. The number of halogens is 1. The number of carbonyl (C=O) groups is 1. The molecule has 0 aliphatic carbocycles. The molecule has 6 heteroatoms. The first-order valence-electron chi connectivity index (χ1n) is 8.75. The van der Waals surface area contributed by atoms with Crippen molar-refractivity contribution in [3.05, 3.63) is 64.3 Å². The summed E-state index contributed by atoms with van der Waals surface area (Å²) in [6.45, 7) is 4.60. The molecule has 1 aliphatic heterocycles. The molecule has 1 amide bonds. The van der Waals surface area contributed by atoms with Gasteiger partial charge < -0.3 is 9.64 Å². The Morgan fingerprint density at radius 1 is 1.26 bits per heavy atom. The molecule has 0 spiro atoms. The van der Waals surface area contributed by atoms with Crippen molar-refractivity contribution in [2.75, 3.05) is 11.9 Å². The molecule has 3 aromatic rings. The largest absolute Gasteiger partial charge is 0.488 e. The Kier molecular flexibility index (Phi) is 4.40. The monoisotopic (exact) mass is 381 g/mol. The summed E-state index contributed by atoms with van der Waals surface area (Å²) < 4.78 is 7.56. The van der Waals surface area contributed by atoms with Gasteiger partial charge >= 0.3 is 0 Å². The van der Waals surface area contributed by atoms with Crippen molar-refractivity contribution >= 4 is 23.2 Å². The van der Waals surface area contributed by atoms with Crippen LogP contribution in [0.15, 0.2) is 42.6 Å². The predicted octanol–water partition coefficient (Wildman–Crippen LogP) is 4.38. The van der Waals surface area contributed by atoms with Gasteiger partial charge in [-0.3, -0.25) is 9.48 Å². The molecule has 0 saturated heterocycles. The first-order chi connectivity index (χ1) is 12.9. The van der Waals surface area contributed by atoms with Crippen molar-refractivity contribution in [3.63, 3.8) is 0 Å². The summed E-state index contributed by atoms with van der Waals surface area (Å²) in [5.74, 6) is 0.758. The fourth-order valence-electron chi connectivity index (χ4n) is 3.38. The average molecular weight is 382 g/mol. The minimum Gasteiger partial charge on any atom is -0.488 e. The summed E-state index contributed by atoms with van der Waals surface area (Å²) in [6, 6.07) is 11.6. The Bertz CT molecular complexity index is 1040. The highest BCUT2D eigenvalue weighted by atomic mass is 35.5. The van der Waals surface area contributed by atoms with E-state index >= 15 is 0 Å². The van der Waals surface area contributed by atoms with E-state index in [2.05, 4.69) is 11.2 Å². The first kappa shape index (κ1) is 17.6. The zero-order valence-corrected chi connectivity index (χ0v) is 16.2. The highest BCUT2D eigenvalue weighted by Crippen LogP contribution is 2.38. The van der Waals surface area contributed by atoms with Crippen molar-refractivity contribution in [3.8, 4) is 17.0 Å². The fraction of sp³-hybridized carbons (Fsp3) is 0.238. The second kappa shape index (κ2) is 6.74. The second-order valence-electron chi connectivity index (χ2n) is 6.85. The number of aromatic nitrogens is 2. The standard InChI is InChI=1S/C21H20ClN3O2/c1-13-4-7-19-17(8-13)21-15(12-27-19)10-23-25(21)11-20(26)24(3)18-9-16(22)6-5-14(18)2/h4-10H,11-12H2,1-3H3. The summed E-state index contributed by atoms with van der Waals surface area (Å²) in [5, 5.41) is 5.05. The number of amides is 1. The maximum Gasteiger partial charge on any atom is 0.248 e. The van der Waals surface area contributed by atoms with Gasteiger partial charge in [-0.05, 0) is 43.7 Å². The molecule has 1 aromatic heterocycles. The summed E-state index contributed by atoms with van der Waals surface area (Å²) in [6.07, 6.45) is 1.78. The molecular weight excluding hydrogens is 362 g/mol. The number of hydrogen-bond acceptors (Lipinski definition) is 3. The van der Waals surface area contributed by atoms with Gasteiger partial charge in [-0.1, -0.05) is 29.3 Å². The van der Waals surface area contributed by atoms with Crippen LogP contribution in [0.4, 0.5) is 5.69 Å². The molecule has 0 N–H and O–H groups in total. The predicted molar refractivity (Wildman–Crippen MR) is 106 cm³/mol. The minimum atomic E-state index is -0.0630. The van der Waals surface area contributed by atoms with Gasteiger partial charge in [0.25, 0.3) is 0 Å². The molecular formula is C21H20ClN3O2. The number of anilines is 1. The van der Waals surface area contributed by atoms with Crippen molar-refractivity contribution in [1.29, 1.82) is 0 Å². The summed E-state index contributed by atoms with van der Waals surface area (Å²) >= 11 is 6.10. The highest BCUT2D eigenvalue weighted by molar-refractivity contribution is 6.31. The Morgan fingerprint density at radius 2 is 2.07 bits per heavy atom. The van der Waals surface area contributed by atoms with E-state index in [-0.39, 0.29) is 12.5 Å². The molecule has 138 valence electrons. The Hall–Kier alpha value is -2.79. The van der Waals surface area contributed by atoms with Gasteiger partial charge in [0.2, 0.25) is 5.91 Å². The van der Waals surface area contributed by atoms with E-state index in [9.17, 15) is 4.79 Å². The number of carbonyl (C=O) groups excluding carboxylic acids is 1. The van der Waals surface area contributed by atoms with Crippen LogP contribution in [-0.4, -0.2) is 22.7 Å². The van der Waals surface area contributed by atoms with Crippen LogP contribution < -0.4 is 9.64 Å². The molecule has 1 aliphatic rings. The zero-order valence-electron chi connectivity index (χ0n) is 15.5. The SMILES string of the molecule is Cc1ccc2c(c1)-c1c(cnn1CC(=O)N(C)c1cc(Cl)ccc1C)CO2. The molecule has 0 saturated carbocycles. The third-order valence-corrected chi connectivity index (χ3v) is 5.12. The van der Waals surface area contributed by atoms with Crippen LogP contribution in [0.25, 0.3) is 11.3 Å². The van der Waals surface area contributed by atoms with E-state index in [4.69, 9.17) is 16.3 Å². The number of likely N-dealkylation sites (N-methyl/N-ethyl adjacent to an activating group) is 1. The Morgan fingerprint density at radius 3 is 2.89 bits per heavy atom. The van der Waals surface area contributed by atoms with Gasteiger partial charge in [0.05, 0.1) is 11.9 Å². The Balaban J connectivity index is 1.66. The van der Waals surface area contributed by atoms with E-state index in [1.165, 1.54) is 0 Å². The normalized spacial score (nSPS) is 12.1. The van der Waals surface area contributed by atoms with E-state index in [1.54, 1.807) is 28.9 Å². The van der Waals surface area contributed by atoms with Gasteiger partial charge in [0.15, 0.2) is 0 Å². The molecule has 27 heavy (non-hydrogen) atoms. The quantitative estimate of drug-likeness (QED) is 0.676. The lowest BCUT2D eigenvalue weighted by molar-refractivity contribution is -0.119. The van der Waals surface area contributed by atoms with Crippen LogP contribution in [0.5, 0.6) is 5.75 Å². The van der Waals surface area contributed by atoms with Crippen molar-refractivity contribution in [2.24, 2.45) is 0 Å². The van der Waals surface area contributed by atoms with Gasteiger partial charge in [0, 0.05) is 28.9 Å². The zero-order chi connectivity index (χ0) is 19.1. The average Bonchev–Trinajstić information content (AvgIpc) is 3.06. The molecule has 0 fully saturated rings. The lowest BCUT2D eigenvalue weighted by Gasteiger charge is -2.22. The van der Waals surface area contributed by atoms with Gasteiger partial charge in [-0.2, -0.15) is 5.10 Å². The number of nitrogens with zero attached hydrogens (tertiary/aromatic N) is 3. The molecule has 0 atom stereocenters. The number of fused-ring (bicyclic) bond motifs is 3. The molecule has 2 aromatic carbocycles. The lowest BCUT2D eigenvalue weighted by Crippen LogP contribution is -2.31. The molecule has 5 nitrogen and oxygen atoms in total. The fourth-order valence-corrected chi connectivity index (χ4v) is 3.55. The van der Waals surface area contributed by atoms with Crippen LogP contribution in [0.2, 0.25) is 5.02 Å². The lowest BCUT2D eigenvalue weighted by atomic mass is 10.0. The van der Waals surface area contributed by atoms with Gasteiger partial charge in [-0.15, -0.1) is 0 Å². The minimum absolute atomic E-state index is 0.0630. The third-order valence-electron chi connectivity index (χ3n) is 4.88. The number of ether oxygens (including phenoxy) is 1. The van der Waals surface area contributed by atoms with Crippen LogP contribution in [0.1, 0.15) is 16.7 Å². The van der Waals surface area contributed by atoms with Crippen molar-refractivity contribution in [1.82, 2.24) is 9.78 Å². The summed E-state index contributed by atoms with van der Waals surface area (Å²) in [7, 11) is 1.76. The summed E-state index contributed by atoms with van der Waals surface area (Å²) in [4.78, 5) is 14.6. The smallest absolute Gasteiger partial charge is 0.248 e. The topological polar surface area (TPSA) is 47.4 Å². The van der Waals surface area contributed by atoms with Crippen LogP contribution >= 0.6 is 11.6 Å². The second-order valence-corrected chi connectivity index (χ2v) is 7.28. The van der Waals surface area contributed by atoms with Gasteiger partial charge in [0.1, 0.15) is 18.9 Å². The van der Waals surface area contributed by atoms with Crippen LogP contribution in [-0.2, 0) is 17.9 Å². The number of aryl methyl sites for hydroxylation is 2. The first-order valence-corrected chi connectivity index (χ1v) is 9.13. The molecule has 0 unspecified atom stereocenters. The molecule has 4 rings (SSSR count). The van der Waals surface area contributed by atoms with Crippen LogP contribution in [0, 0.1) is 13.8 Å². The Labute approximate surface area is 163 Å². The molecule has 0 bridgehead atoms. The van der Waals surface area contributed by atoms with Crippen molar-refractivity contribution < 1.29 is 9.53 Å². The van der Waals surface area contributed by atoms with E-state index in [0.717, 1.165) is 39.4 Å². The van der Waals surface area contributed by atoms with E-state index < -0.39 is 0 Å². The highest BCUT2D eigenvalue weighted by Gasteiger charge is 2.24. The summed E-state index contributed by atoms with van der Waals surface area (Å²) in [5.41, 5.74) is 5.84. The maximum absolute atomic E-state index is 12.9. The number of hydrogen-bond donors (Lipinski definition) is 0. The van der Waals surface area contributed by atoms with Gasteiger partial charge in [-0.25, -0.2) is 0 Å². The van der Waals surface area contributed by atoms with Crippen LogP contribution in [0.3, 0.4) is 0 Å². The number of benzene rings is 2. The maximum atomic E-state index is 12.9. The molecule has 2 heterocycles. The third kappa shape index (κ3) is 3.19. The van der Waals surface area contributed by atoms with Crippen molar-refractivity contribution in [2.45, 2.75) is 27.0 Å². The molecule has 0 radical (unpaired) electrons.